The maximum atomic E-state index is 15.0. The zero-order valence-corrected chi connectivity index (χ0v) is 20.9. The molecule has 2 heterocycles. The molecule has 2 aliphatic rings. The number of rotatable bonds is 7. The Balaban J connectivity index is 0.00000304. The summed E-state index contributed by atoms with van der Waals surface area (Å²) in [6, 6.07) is 8.89. The average molecular weight is 513 g/mol. The number of nitrogens with zero attached hydrogens (tertiary/aromatic N) is 3. The number of hydrogen-bond acceptors (Lipinski definition) is 7. The Morgan fingerprint density at radius 2 is 1.86 bits per heavy atom. The second-order valence-electron chi connectivity index (χ2n) is 9.35. The summed E-state index contributed by atoms with van der Waals surface area (Å²) < 4.78 is 21.0. The van der Waals surface area contributed by atoms with Crippen molar-refractivity contribution < 1.29 is 13.9 Å². The summed E-state index contributed by atoms with van der Waals surface area (Å²) in [6.45, 7) is 1.73. The molecule has 0 bridgehead atoms. The number of nitrogens with one attached hydrogen (secondary N) is 2. The molecule has 0 saturated heterocycles. The van der Waals surface area contributed by atoms with Gasteiger partial charge in [0, 0.05) is 42.1 Å². The van der Waals surface area contributed by atoms with Crippen molar-refractivity contribution in [3.8, 4) is 22.9 Å². The van der Waals surface area contributed by atoms with Gasteiger partial charge < -0.3 is 21.1 Å². The minimum absolute atomic E-state index is 0. The van der Waals surface area contributed by atoms with Crippen LogP contribution in [0.3, 0.4) is 0 Å². The quantitative estimate of drug-likeness (QED) is 0.397. The number of ether oxygens (including phenoxy) is 1. The smallest absolute Gasteiger partial charge is 0.228 e. The molecule has 0 radical (unpaired) electrons. The van der Waals surface area contributed by atoms with Crippen LogP contribution >= 0.6 is 12.4 Å². The van der Waals surface area contributed by atoms with E-state index in [2.05, 4.69) is 25.6 Å². The van der Waals surface area contributed by atoms with E-state index in [4.69, 9.17) is 10.5 Å². The first-order valence-corrected chi connectivity index (χ1v) is 12.1. The summed E-state index contributed by atoms with van der Waals surface area (Å²) >= 11 is 0. The molecule has 2 aliphatic carbocycles. The van der Waals surface area contributed by atoms with E-state index in [1.165, 1.54) is 6.07 Å². The zero-order chi connectivity index (χ0) is 24.4. The van der Waals surface area contributed by atoms with Gasteiger partial charge in [-0.25, -0.2) is 19.3 Å². The zero-order valence-electron chi connectivity index (χ0n) is 20.0. The first-order valence-electron chi connectivity index (χ1n) is 12.1. The van der Waals surface area contributed by atoms with E-state index in [0.29, 0.717) is 28.5 Å². The number of aryl methyl sites for hydroxylation is 1. The Morgan fingerprint density at radius 1 is 1.08 bits per heavy atom. The largest absolute Gasteiger partial charge is 0.435 e. The normalized spacial score (nSPS) is 19.2. The molecule has 0 spiro atoms. The van der Waals surface area contributed by atoms with Crippen LogP contribution in [-0.4, -0.2) is 32.9 Å². The van der Waals surface area contributed by atoms with Crippen molar-refractivity contribution >= 4 is 29.9 Å². The SMILES string of the molecule is Cc1cc(NC(=O)C2CC2)cc(F)c1Oc1ncccc1-c1ccnc(NC2CCC(N)CC2)n1.Cl. The summed E-state index contributed by atoms with van der Waals surface area (Å²) in [5.74, 6) is 0.198. The Kier molecular flexibility index (Phi) is 8.01. The molecule has 10 heteroatoms. The van der Waals surface area contributed by atoms with E-state index in [1.54, 1.807) is 37.5 Å². The number of anilines is 2. The lowest BCUT2D eigenvalue weighted by Crippen LogP contribution is -2.33. The number of hydrogen-bond donors (Lipinski definition) is 3. The highest BCUT2D eigenvalue weighted by molar-refractivity contribution is 5.94. The molecule has 36 heavy (non-hydrogen) atoms. The third-order valence-electron chi connectivity index (χ3n) is 6.45. The molecule has 0 unspecified atom stereocenters. The number of carbonyl (C=O) groups is 1. The van der Waals surface area contributed by atoms with Crippen LogP contribution in [0, 0.1) is 18.7 Å². The molecule has 1 aromatic carbocycles. The third-order valence-corrected chi connectivity index (χ3v) is 6.45. The molecule has 1 amide bonds. The maximum Gasteiger partial charge on any atom is 0.228 e. The molecule has 0 atom stereocenters. The van der Waals surface area contributed by atoms with Crippen LogP contribution in [0.15, 0.2) is 42.7 Å². The number of benzene rings is 1. The van der Waals surface area contributed by atoms with Gasteiger partial charge in [0.05, 0.1) is 11.3 Å². The highest BCUT2D eigenvalue weighted by Gasteiger charge is 2.30. The van der Waals surface area contributed by atoms with Gasteiger partial charge in [0.15, 0.2) is 11.6 Å². The van der Waals surface area contributed by atoms with Gasteiger partial charge in [-0.2, -0.15) is 0 Å². The standard InChI is InChI=1S/C26H29FN6O2.ClH/c1-15-13-19(31-24(34)16-4-5-16)14-21(27)23(15)35-25-20(3-2-11-29-25)22-10-12-30-26(33-22)32-18-8-6-17(28)7-9-18;/h2-3,10-14,16-18H,4-9,28H2,1H3,(H,31,34)(H,30,32,33);1H. The summed E-state index contributed by atoms with van der Waals surface area (Å²) in [6.07, 6.45) is 8.94. The first kappa shape index (κ1) is 25.8. The summed E-state index contributed by atoms with van der Waals surface area (Å²) in [4.78, 5) is 25.4. The molecule has 2 fully saturated rings. The molecular formula is C26H30ClFN6O2. The van der Waals surface area contributed by atoms with Crippen molar-refractivity contribution in [1.29, 1.82) is 0 Å². The molecular weight excluding hydrogens is 483 g/mol. The van der Waals surface area contributed by atoms with E-state index in [0.717, 1.165) is 38.5 Å². The number of pyridine rings is 1. The summed E-state index contributed by atoms with van der Waals surface area (Å²) in [5, 5.41) is 6.17. The minimum Gasteiger partial charge on any atom is -0.435 e. The fraction of sp³-hybridized carbons (Fsp3) is 0.385. The molecule has 8 nitrogen and oxygen atoms in total. The van der Waals surface area contributed by atoms with E-state index in [1.807, 2.05) is 6.07 Å². The molecule has 5 rings (SSSR count). The molecule has 2 saturated carbocycles. The van der Waals surface area contributed by atoms with Crippen LogP contribution < -0.4 is 21.1 Å². The van der Waals surface area contributed by atoms with Gasteiger partial charge in [0.1, 0.15) is 0 Å². The van der Waals surface area contributed by atoms with Crippen LogP contribution in [-0.2, 0) is 4.79 Å². The predicted molar refractivity (Wildman–Crippen MR) is 139 cm³/mol. The molecule has 190 valence electrons. The topological polar surface area (TPSA) is 115 Å². The van der Waals surface area contributed by atoms with Gasteiger partial charge >= 0.3 is 0 Å². The van der Waals surface area contributed by atoms with E-state index >= 15 is 4.39 Å². The van der Waals surface area contributed by atoms with Crippen molar-refractivity contribution in [2.75, 3.05) is 10.6 Å². The fourth-order valence-corrected chi connectivity index (χ4v) is 4.31. The lowest BCUT2D eigenvalue weighted by molar-refractivity contribution is -0.117. The molecule has 2 aromatic heterocycles. The van der Waals surface area contributed by atoms with Crippen molar-refractivity contribution in [1.82, 2.24) is 15.0 Å². The maximum absolute atomic E-state index is 15.0. The first-order chi connectivity index (χ1) is 17.0. The highest BCUT2D eigenvalue weighted by atomic mass is 35.5. The Bertz CT molecular complexity index is 1210. The van der Waals surface area contributed by atoms with Crippen LogP contribution in [0.1, 0.15) is 44.1 Å². The van der Waals surface area contributed by atoms with Crippen LogP contribution in [0.2, 0.25) is 0 Å². The molecule has 4 N–H and O–H groups in total. The van der Waals surface area contributed by atoms with Crippen LogP contribution in [0.4, 0.5) is 16.0 Å². The Morgan fingerprint density at radius 3 is 2.58 bits per heavy atom. The van der Waals surface area contributed by atoms with E-state index < -0.39 is 5.82 Å². The monoisotopic (exact) mass is 512 g/mol. The summed E-state index contributed by atoms with van der Waals surface area (Å²) in [7, 11) is 0. The average Bonchev–Trinajstić information content (AvgIpc) is 3.69. The van der Waals surface area contributed by atoms with Crippen LogP contribution in [0.5, 0.6) is 11.6 Å². The highest BCUT2D eigenvalue weighted by Crippen LogP contribution is 2.36. The van der Waals surface area contributed by atoms with Gasteiger partial charge in [0.25, 0.3) is 0 Å². The van der Waals surface area contributed by atoms with Gasteiger partial charge in [-0.05, 0) is 75.3 Å². The second kappa shape index (κ2) is 11.2. The van der Waals surface area contributed by atoms with Crippen molar-refractivity contribution in [3.05, 3.63) is 54.1 Å². The number of halogens is 2. The van der Waals surface area contributed by atoms with Crippen molar-refractivity contribution in [2.45, 2.75) is 57.5 Å². The fourth-order valence-electron chi connectivity index (χ4n) is 4.31. The molecule has 3 aromatic rings. The van der Waals surface area contributed by atoms with E-state index in [9.17, 15) is 4.79 Å². The van der Waals surface area contributed by atoms with Gasteiger partial charge in [-0.1, -0.05) is 0 Å². The number of nitrogens with two attached hydrogens (primary N) is 1. The molecule has 0 aliphatic heterocycles. The van der Waals surface area contributed by atoms with Gasteiger partial charge in [-0.15, -0.1) is 12.4 Å². The number of aromatic nitrogens is 3. The lowest BCUT2D eigenvalue weighted by atomic mass is 9.92. The summed E-state index contributed by atoms with van der Waals surface area (Å²) in [5.41, 5.74) is 8.21. The second-order valence-corrected chi connectivity index (χ2v) is 9.35. The number of carbonyl (C=O) groups excluding carboxylic acids is 1. The Labute approximate surface area is 215 Å². The predicted octanol–water partition coefficient (Wildman–Crippen LogP) is 5.23. The van der Waals surface area contributed by atoms with Gasteiger partial charge in [-0.3, -0.25) is 4.79 Å². The third kappa shape index (κ3) is 6.09. The van der Waals surface area contributed by atoms with Gasteiger partial charge in [0.2, 0.25) is 17.7 Å². The minimum atomic E-state index is -0.576. The van der Waals surface area contributed by atoms with Crippen molar-refractivity contribution in [3.63, 3.8) is 0 Å². The lowest BCUT2D eigenvalue weighted by Gasteiger charge is -2.26. The number of amides is 1. The van der Waals surface area contributed by atoms with Crippen LogP contribution in [0.25, 0.3) is 11.3 Å². The Hall–Kier alpha value is -3.30. The van der Waals surface area contributed by atoms with E-state index in [-0.39, 0.29) is 47.9 Å². The van der Waals surface area contributed by atoms with Crippen molar-refractivity contribution in [2.24, 2.45) is 11.7 Å².